The molecule has 2 heterocycles. The summed E-state index contributed by atoms with van der Waals surface area (Å²) in [6.07, 6.45) is 4.04. The number of fused-ring (bicyclic) bond motifs is 1. The van der Waals surface area contributed by atoms with E-state index in [4.69, 9.17) is 9.72 Å². The maximum absolute atomic E-state index is 12.4. The lowest BCUT2D eigenvalue weighted by Crippen LogP contribution is -2.25. The summed E-state index contributed by atoms with van der Waals surface area (Å²) in [5, 5.41) is 2.95. The molecule has 2 aromatic carbocycles. The first-order valence-corrected chi connectivity index (χ1v) is 10.4. The molecule has 2 aromatic heterocycles. The van der Waals surface area contributed by atoms with E-state index in [1.807, 2.05) is 18.2 Å². The number of amides is 1. The predicted octanol–water partition coefficient (Wildman–Crippen LogP) is 4.45. The van der Waals surface area contributed by atoms with Crippen LogP contribution >= 0.6 is 0 Å². The van der Waals surface area contributed by atoms with Gasteiger partial charge in [0.1, 0.15) is 11.6 Å². The summed E-state index contributed by atoms with van der Waals surface area (Å²) in [6, 6.07) is 17.8. The molecule has 0 atom stereocenters. The Labute approximate surface area is 181 Å². The zero-order valence-electron chi connectivity index (χ0n) is 17.8. The molecule has 4 rings (SSSR count). The Balaban J connectivity index is 1.43. The van der Waals surface area contributed by atoms with E-state index in [0.717, 1.165) is 35.6 Å². The van der Waals surface area contributed by atoms with Gasteiger partial charge in [0.15, 0.2) is 0 Å². The Kier molecular flexibility index (Phi) is 6.26. The molecule has 0 fully saturated rings. The van der Waals surface area contributed by atoms with Gasteiger partial charge in [-0.05, 0) is 67.8 Å². The molecule has 6 heteroatoms. The molecule has 0 spiro atoms. The molecule has 0 unspecified atom stereocenters. The molecular formula is C25H26N4O2. The molecule has 0 saturated carbocycles. The third kappa shape index (κ3) is 5.09. The van der Waals surface area contributed by atoms with Crippen LogP contribution in [0.25, 0.3) is 11.0 Å². The van der Waals surface area contributed by atoms with E-state index in [-0.39, 0.29) is 5.91 Å². The number of imidazole rings is 1. The van der Waals surface area contributed by atoms with Gasteiger partial charge in [-0.15, -0.1) is 0 Å². The highest BCUT2D eigenvalue weighted by atomic mass is 16.5. The Morgan fingerprint density at radius 3 is 2.65 bits per heavy atom. The second-order valence-electron chi connectivity index (χ2n) is 7.62. The number of rotatable bonds is 8. The van der Waals surface area contributed by atoms with E-state index >= 15 is 0 Å². The molecule has 0 aliphatic rings. The highest BCUT2D eigenvalue weighted by Crippen LogP contribution is 2.19. The summed E-state index contributed by atoms with van der Waals surface area (Å²) < 4.78 is 8.12. The lowest BCUT2D eigenvalue weighted by molar-refractivity contribution is 0.0949. The lowest BCUT2D eigenvalue weighted by Gasteiger charge is -2.12. The highest BCUT2D eigenvalue weighted by Gasteiger charge is 2.12. The van der Waals surface area contributed by atoms with Crippen molar-refractivity contribution in [2.75, 3.05) is 6.61 Å². The number of aromatic nitrogens is 3. The van der Waals surface area contributed by atoms with Crippen molar-refractivity contribution in [3.8, 4) is 5.75 Å². The van der Waals surface area contributed by atoms with Crippen LogP contribution in [0.5, 0.6) is 5.75 Å². The average Bonchev–Trinajstić information content (AvgIpc) is 3.12. The molecule has 6 nitrogen and oxygen atoms in total. The molecule has 158 valence electrons. The van der Waals surface area contributed by atoms with Crippen LogP contribution in [0, 0.1) is 13.8 Å². The van der Waals surface area contributed by atoms with Crippen LogP contribution < -0.4 is 10.1 Å². The number of aryl methyl sites for hydroxylation is 3. The number of nitrogens with one attached hydrogen (secondary N) is 1. The van der Waals surface area contributed by atoms with E-state index < -0.39 is 0 Å². The SMILES string of the molecule is Cc1cc(C)cc(OCCCn2c(CNC(=O)c3cccnc3)nc3ccccc32)c1. The fourth-order valence-electron chi connectivity index (χ4n) is 3.70. The maximum Gasteiger partial charge on any atom is 0.253 e. The van der Waals surface area contributed by atoms with Crippen molar-refractivity contribution in [1.82, 2.24) is 19.9 Å². The van der Waals surface area contributed by atoms with Gasteiger partial charge in [-0.3, -0.25) is 9.78 Å². The molecule has 0 saturated heterocycles. The molecule has 0 radical (unpaired) electrons. The van der Waals surface area contributed by atoms with Crippen LogP contribution in [0.4, 0.5) is 0 Å². The first kappa shape index (κ1) is 20.6. The minimum Gasteiger partial charge on any atom is -0.494 e. The maximum atomic E-state index is 12.4. The van der Waals surface area contributed by atoms with Gasteiger partial charge in [-0.1, -0.05) is 18.2 Å². The van der Waals surface area contributed by atoms with Crippen LogP contribution in [0.2, 0.25) is 0 Å². The number of benzene rings is 2. The molecule has 0 aliphatic heterocycles. The summed E-state index contributed by atoms with van der Waals surface area (Å²) in [7, 11) is 0. The van der Waals surface area contributed by atoms with Crippen molar-refractivity contribution in [2.24, 2.45) is 0 Å². The number of carbonyl (C=O) groups is 1. The normalized spacial score (nSPS) is 10.9. The van der Waals surface area contributed by atoms with Crippen LogP contribution in [0.15, 0.2) is 67.0 Å². The number of carbonyl (C=O) groups excluding carboxylic acids is 1. The van der Waals surface area contributed by atoms with Gasteiger partial charge in [0.05, 0.1) is 29.7 Å². The summed E-state index contributed by atoms with van der Waals surface area (Å²) in [4.78, 5) is 21.1. The van der Waals surface area contributed by atoms with Gasteiger partial charge < -0.3 is 14.6 Å². The Morgan fingerprint density at radius 1 is 1.06 bits per heavy atom. The van der Waals surface area contributed by atoms with E-state index in [1.165, 1.54) is 11.1 Å². The minimum absolute atomic E-state index is 0.162. The topological polar surface area (TPSA) is 69.0 Å². The average molecular weight is 415 g/mol. The number of hydrogen-bond acceptors (Lipinski definition) is 4. The van der Waals surface area contributed by atoms with E-state index in [0.29, 0.717) is 18.7 Å². The van der Waals surface area contributed by atoms with Crippen molar-refractivity contribution in [3.05, 3.63) is 89.5 Å². The highest BCUT2D eigenvalue weighted by molar-refractivity contribution is 5.93. The smallest absolute Gasteiger partial charge is 0.253 e. The molecule has 31 heavy (non-hydrogen) atoms. The summed E-state index contributed by atoms with van der Waals surface area (Å²) in [5.41, 5.74) is 4.90. The zero-order chi connectivity index (χ0) is 21.6. The van der Waals surface area contributed by atoms with Crippen molar-refractivity contribution < 1.29 is 9.53 Å². The summed E-state index contributed by atoms with van der Waals surface area (Å²) >= 11 is 0. The van der Waals surface area contributed by atoms with E-state index in [2.05, 4.69) is 53.0 Å². The van der Waals surface area contributed by atoms with Crippen molar-refractivity contribution in [2.45, 2.75) is 33.4 Å². The standard InChI is InChI=1S/C25H26N4O2/c1-18-13-19(2)15-21(14-18)31-12-6-11-29-23-9-4-3-8-22(23)28-24(29)17-27-25(30)20-7-5-10-26-16-20/h3-5,7-10,13-16H,6,11-12,17H2,1-2H3,(H,27,30). The number of hydrogen-bond donors (Lipinski definition) is 1. The van der Waals surface area contributed by atoms with Crippen LogP contribution in [0.1, 0.15) is 33.7 Å². The van der Waals surface area contributed by atoms with Crippen molar-refractivity contribution in [3.63, 3.8) is 0 Å². The van der Waals surface area contributed by atoms with E-state index in [9.17, 15) is 4.79 Å². The summed E-state index contributed by atoms with van der Waals surface area (Å²) in [5.74, 6) is 1.56. The lowest BCUT2D eigenvalue weighted by atomic mass is 10.1. The Hall–Kier alpha value is -3.67. The Morgan fingerprint density at radius 2 is 1.87 bits per heavy atom. The molecule has 4 aromatic rings. The van der Waals surface area contributed by atoms with Crippen LogP contribution in [0.3, 0.4) is 0 Å². The molecule has 1 amide bonds. The third-order valence-electron chi connectivity index (χ3n) is 5.05. The molecule has 1 N–H and O–H groups in total. The number of ether oxygens (including phenoxy) is 1. The van der Waals surface area contributed by atoms with Gasteiger partial charge in [0.2, 0.25) is 0 Å². The van der Waals surface area contributed by atoms with Crippen LogP contribution in [-0.4, -0.2) is 27.0 Å². The minimum atomic E-state index is -0.162. The molecule has 0 aliphatic carbocycles. The first-order chi connectivity index (χ1) is 15.1. The predicted molar refractivity (Wildman–Crippen MR) is 121 cm³/mol. The molecule has 0 bridgehead atoms. The van der Waals surface area contributed by atoms with Gasteiger partial charge in [-0.25, -0.2) is 4.98 Å². The number of para-hydroxylation sites is 2. The second-order valence-corrected chi connectivity index (χ2v) is 7.62. The quantitative estimate of drug-likeness (QED) is 0.433. The number of nitrogens with zero attached hydrogens (tertiary/aromatic N) is 3. The first-order valence-electron chi connectivity index (χ1n) is 10.4. The largest absolute Gasteiger partial charge is 0.494 e. The van der Waals surface area contributed by atoms with E-state index in [1.54, 1.807) is 24.5 Å². The number of pyridine rings is 1. The van der Waals surface area contributed by atoms with Gasteiger partial charge >= 0.3 is 0 Å². The second kappa shape index (κ2) is 9.43. The molecular weight excluding hydrogens is 388 g/mol. The fourth-order valence-corrected chi connectivity index (χ4v) is 3.70. The van der Waals surface area contributed by atoms with Gasteiger partial charge in [-0.2, -0.15) is 0 Å². The monoisotopic (exact) mass is 414 g/mol. The van der Waals surface area contributed by atoms with Crippen molar-refractivity contribution >= 4 is 16.9 Å². The van der Waals surface area contributed by atoms with Gasteiger partial charge in [0, 0.05) is 18.9 Å². The third-order valence-corrected chi connectivity index (χ3v) is 5.05. The van der Waals surface area contributed by atoms with Gasteiger partial charge in [0.25, 0.3) is 5.91 Å². The van der Waals surface area contributed by atoms with Crippen LogP contribution in [-0.2, 0) is 13.1 Å². The zero-order valence-corrected chi connectivity index (χ0v) is 17.8. The Bertz CT molecular complexity index is 1160. The summed E-state index contributed by atoms with van der Waals surface area (Å²) in [6.45, 7) is 5.85. The van der Waals surface area contributed by atoms with Crippen molar-refractivity contribution in [1.29, 1.82) is 0 Å². The fraction of sp³-hybridized carbons (Fsp3) is 0.240.